The normalized spacial score (nSPS) is 15.4. The second kappa shape index (κ2) is 8.97. The van der Waals surface area contributed by atoms with E-state index in [2.05, 4.69) is 0 Å². The van der Waals surface area contributed by atoms with Gasteiger partial charge in [0.05, 0.1) is 11.5 Å². The molecule has 7 nitrogen and oxygen atoms in total. The van der Waals surface area contributed by atoms with E-state index in [0.717, 1.165) is 21.8 Å². The van der Waals surface area contributed by atoms with Crippen LogP contribution in [0.1, 0.15) is 23.0 Å². The third-order valence-corrected chi connectivity index (χ3v) is 7.29. The molecule has 1 aliphatic rings. The molecule has 0 saturated carbocycles. The zero-order valence-electron chi connectivity index (χ0n) is 17.4. The van der Waals surface area contributed by atoms with Crippen molar-refractivity contribution in [3.05, 3.63) is 65.4 Å². The number of rotatable bonds is 6. The standard InChI is InChI=1S/C22H22F2N2O5S/c1-2-30-14-17-16-5-3-4-6-20(16)31-21(17)22(27)25-9-11-26(12-10-25)32(28,29)15-7-8-18(23)19(24)13-15/h3-8,13H,2,9-12,14H2,1H3. The fraction of sp³-hybridized carbons (Fsp3) is 0.318. The van der Waals surface area contributed by atoms with Crippen LogP contribution >= 0.6 is 0 Å². The first kappa shape index (κ1) is 22.4. The minimum absolute atomic E-state index is 0.0219. The first-order valence-corrected chi connectivity index (χ1v) is 11.6. The van der Waals surface area contributed by atoms with Crippen LogP contribution in [0.15, 0.2) is 51.8 Å². The summed E-state index contributed by atoms with van der Waals surface area (Å²) in [4.78, 5) is 14.4. The Kier molecular flexibility index (Phi) is 6.27. The van der Waals surface area contributed by atoms with Gasteiger partial charge in [0, 0.05) is 43.7 Å². The number of sulfonamides is 1. The van der Waals surface area contributed by atoms with Crippen molar-refractivity contribution < 1.29 is 31.1 Å². The van der Waals surface area contributed by atoms with Crippen LogP contribution in [-0.2, 0) is 21.4 Å². The van der Waals surface area contributed by atoms with Crippen LogP contribution < -0.4 is 0 Å². The van der Waals surface area contributed by atoms with Gasteiger partial charge in [0.2, 0.25) is 10.0 Å². The summed E-state index contributed by atoms with van der Waals surface area (Å²) in [7, 11) is -4.01. The molecule has 2 heterocycles. The van der Waals surface area contributed by atoms with Crippen LogP contribution in [0, 0.1) is 11.6 Å². The van der Waals surface area contributed by atoms with Crippen molar-refractivity contribution in [2.75, 3.05) is 32.8 Å². The summed E-state index contributed by atoms with van der Waals surface area (Å²) >= 11 is 0. The summed E-state index contributed by atoms with van der Waals surface area (Å²) in [5.41, 5.74) is 1.23. The molecule has 2 aromatic carbocycles. The number of carbonyl (C=O) groups excluding carboxylic acids is 1. The molecule has 1 aromatic heterocycles. The van der Waals surface area contributed by atoms with E-state index in [1.807, 2.05) is 25.1 Å². The lowest BCUT2D eigenvalue weighted by Gasteiger charge is -2.33. The Morgan fingerprint density at radius 2 is 1.78 bits per heavy atom. The summed E-state index contributed by atoms with van der Waals surface area (Å²) in [5.74, 6) is -2.52. The van der Waals surface area contributed by atoms with Gasteiger partial charge in [-0.2, -0.15) is 4.31 Å². The minimum atomic E-state index is -4.01. The van der Waals surface area contributed by atoms with E-state index in [4.69, 9.17) is 9.15 Å². The lowest BCUT2D eigenvalue weighted by Crippen LogP contribution is -2.50. The predicted octanol–water partition coefficient (Wildman–Crippen LogP) is 3.39. The van der Waals surface area contributed by atoms with Crippen LogP contribution in [0.2, 0.25) is 0 Å². The number of carbonyl (C=O) groups is 1. The number of hydrogen-bond donors (Lipinski definition) is 0. The van der Waals surface area contributed by atoms with E-state index in [9.17, 15) is 22.0 Å². The van der Waals surface area contributed by atoms with E-state index in [1.54, 1.807) is 6.07 Å². The monoisotopic (exact) mass is 464 g/mol. The second-order valence-corrected chi connectivity index (χ2v) is 9.25. The largest absolute Gasteiger partial charge is 0.451 e. The van der Waals surface area contributed by atoms with E-state index in [-0.39, 0.29) is 49.3 Å². The molecular formula is C22H22F2N2O5S. The summed E-state index contributed by atoms with van der Waals surface area (Å²) in [6.07, 6.45) is 0. The molecule has 0 N–H and O–H groups in total. The Hall–Kier alpha value is -2.82. The van der Waals surface area contributed by atoms with Gasteiger partial charge in [-0.3, -0.25) is 4.79 Å². The smallest absolute Gasteiger partial charge is 0.290 e. The number of ether oxygens (including phenoxy) is 1. The number of halogens is 2. The maximum atomic E-state index is 13.5. The van der Waals surface area contributed by atoms with E-state index >= 15 is 0 Å². The highest BCUT2D eigenvalue weighted by Crippen LogP contribution is 2.28. The molecule has 1 fully saturated rings. The van der Waals surface area contributed by atoms with Crippen molar-refractivity contribution in [2.24, 2.45) is 0 Å². The maximum absolute atomic E-state index is 13.5. The van der Waals surface area contributed by atoms with Gasteiger partial charge in [0.1, 0.15) is 5.58 Å². The molecule has 1 amide bonds. The number of fused-ring (bicyclic) bond motifs is 1. The summed E-state index contributed by atoms with van der Waals surface area (Å²) in [6, 6.07) is 9.76. The molecule has 0 spiro atoms. The van der Waals surface area contributed by atoms with E-state index < -0.39 is 21.7 Å². The highest BCUT2D eigenvalue weighted by molar-refractivity contribution is 7.89. The SMILES string of the molecule is CCOCc1c(C(=O)N2CCN(S(=O)(=O)c3ccc(F)c(F)c3)CC2)oc2ccccc12. The van der Waals surface area contributed by atoms with Gasteiger partial charge in [-0.25, -0.2) is 17.2 Å². The van der Waals surface area contributed by atoms with Crippen molar-refractivity contribution in [3.63, 3.8) is 0 Å². The Balaban J connectivity index is 1.52. The fourth-order valence-corrected chi connectivity index (χ4v) is 5.12. The van der Waals surface area contributed by atoms with Crippen molar-refractivity contribution in [2.45, 2.75) is 18.4 Å². The molecule has 4 rings (SSSR count). The first-order valence-electron chi connectivity index (χ1n) is 10.2. The molecule has 1 aliphatic heterocycles. The van der Waals surface area contributed by atoms with Gasteiger partial charge in [0.25, 0.3) is 5.91 Å². The number of benzene rings is 2. The number of amides is 1. The topological polar surface area (TPSA) is 80.1 Å². The van der Waals surface area contributed by atoms with Crippen LogP contribution in [0.3, 0.4) is 0 Å². The van der Waals surface area contributed by atoms with Crippen molar-refractivity contribution in [1.82, 2.24) is 9.21 Å². The number of furan rings is 1. The van der Waals surface area contributed by atoms with Crippen molar-refractivity contribution in [3.8, 4) is 0 Å². The molecule has 0 radical (unpaired) electrons. The first-order chi connectivity index (χ1) is 15.3. The summed E-state index contributed by atoms with van der Waals surface area (Å²) in [6.45, 7) is 2.87. The third-order valence-electron chi connectivity index (χ3n) is 5.40. The minimum Gasteiger partial charge on any atom is -0.451 e. The van der Waals surface area contributed by atoms with Crippen LogP contribution in [0.4, 0.5) is 8.78 Å². The molecule has 0 atom stereocenters. The lowest BCUT2D eigenvalue weighted by atomic mass is 10.1. The lowest BCUT2D eigenvalue weighted by molar-refractivity contribution is 0.0658. The van der Waals surface area contributed by atoms with Gasteiger partial charge in [-0.15, -0.1) is 0 Å². The third kappa shape index (κ3) is 4.13. The Morgan fingerprint density at radius 1 is 1.06 bits per heavy atom. The molecule has 0 unspecified atom stereocenters. The molecule has 0 bridgehead atoms. The second-order valence-electron chi connectivity index (χ2n) is 7.32. The van der Waals surface area contributed by atoms with Crippen LogP contribution in [0.25, 0.3) is 11.0 Å². The molecule has 170 valence electrons. The average Bonchev–Trinajstić information content (AvgIpc) is 3.17. The van der Waals surface area contributed by atoms with Crippen LogP contribution in [0.5, 0.6) is 0 Å². The zero-order valence-corrected chi connectivity index (χ0v) is 18.2. The highest BCUT2D eigenvalue weighted by Gasteiger charge is 2.33. The molecule has 32 heavy (non-hydrogen) atoms. The van der Waals surface area contributed by atoms with Crippen molar-refractivity contribution in [1.29, 1.82) is 0 Å². The number of nitrogens with zero attached hydrogens (tertiary/aromatic N) is 2. The Bertz CT molecular complexity index is 1250. The Labute approximate surface area is 184 Å². The Morgan fingerprint density at radius 3 is 2.47 bits per heavy atom. The molecular weight excluding hydrogens is 442 g/mol. The van der Waals surface area contributed by atoms with Gasteiger partial charge in [-0.05, 0) is 31.2 Å². The van der Waals surface area contributed by atoms with E-state index in [0.29, 0.717) is 23.8 Å². The van der Waals surface area contributed by atoms with Crippen molar-refractivity contribution >= 4 is 26.9 Å². The predicted molar refractivity (Wildman–Crippen MR) is 113 cm³/mol. The molecule has 1 saturated heterocycles. The average molecular weight is 464 g/mol. The number of para-hydroxylation sites is 1. The van der Waals surface area contributed by atoms with Gasteiger partial charge < -0.3 is 14.1 Å². The molecule has 0 aliphatic carbocycles. The quantitative estimate of drug-likeness (QED) is 0.559. The highest BCUT2D eigenvalue weighted by atomic mass is 32.2. The zero-order chi connectivity index (χ0) is 22.9. The van der Waals surface area contributed by atoms with Gasteiger partial charge >= 0.3 is 0 Å². The summed E-state index contributed by atoms with van der Waals surface area (Å²) < 4.78 is 64.8. The van der Waals surface area contributed by atoms with Crippen LogP contribution in [-0.4, -0.2) is 56.3 Å². The van der Waals surface area contributed by atoms with Gasteiger partial charge in [-0.1, -0.05) is 18.2 Å². The van der Waals surface area contributed by atoms with E-state index in [1.165, 1.54) is 4.90 Å². The number of hydrogen-bond acceptors (Lipinski definition) is 5. The van der Waals surface area contributed by atoms with Gasteiger partial charge in [0.15, 0.2) is 17.4 Å². The number of piperazine rings is 1. The molecule has 3 aromatic rings. The molecule has 10 heteroatoms. The summed E-state index contributed by atoms with van der Waals surface area (Å²) in [5, 5.41) is 0.795. The fourth-order valence-electron chi connectivity index (χ4n) is 3.68. The maximum Gasteiger partial charge on any atom is 0.290 e.